The van der Waals surface area contributed by atoms with E-state index < -0.39 is 0 Å². The predicted octanol–water partition coefficient (Wildman–Crippen LogP) is 1.43. The van der Waals surface area contributed by atoms with Crippen molar-refractivity contribution in [2.75, 3.05) is 24.1 Å². The van der Waals surface area contributed by atoms with Crippen LogP contribution in [0.4, 0.5) is 11.4 Å². The van der Waals surface area contributed by atoms with Gasteiger partial charge in [-0.3, -0.25) is 4.79 Å². The van der Waals surface area contributed by atoms with Crippen molar-refractivity contribution in [1.29, 1.82) is 0 Å². The average molecular weight is 250 g/mol. The minimum absolute atomic E-state index is 0.0327. The highest BCUT2D eigenvalue weighted by molar-refractivity contribution is 7.16. The zero-order chi connectivity index (χ0) is 12.3. The standard InChI is InChI=1S/C11H14N4OS/c1-7(16)13-4-5-14-8-2-3-9-11(10(8)12)15-6-17-9/h2-3,6,14H,4-5,12H2,1H3,(H,13,16). The van der Waals surface area contributed by atoms with Gasteiger partial charge in [0.25, 0.3) is 0 Å². The molecule has 0 aliphatic heterocycles. The van der Waals surface area contributed by atoms with Crippen LogP contribution in [0, 0.1) is 0 Å². The lowest BCUT2D eigenvalue weighted by Crippen LogP contribution is -2.26. The maximum absolute atomic E-state index is 10.7. The number of anilines is 2. The number of hydrogen-bond acceptors (Lipinski definition) is 5. The van der Waals surface area contributed by atoms with Crippen molar-refractivity contribution < 1.29 is 4.79 Å². The number of fused-ring (bicyclic) bond motifs is 1. The third kappa shape index (κ3) is 2.65. The fourth-order valence-electron chi connectivity index (χ4n) is 1.54. The van der Waals surface area contributed by atoms with Crippen molar-refractivity contribution in [3.05, 3.63) is 17.6 Å². The van der Waals surface area contributed by atoms with Gasteiger partial charge in [-0.15, -0.1) is 11.3 Å². The molecule has 0 spiro atoms. The maximum Gasteiger partial charge on any atom is 0.216 e. The monoisotopic (exact) mass is 250 g/mol. The van der Waals surface area contributed by atoms with E-state index in [0.29, 0.717) is 18.8 Å². The summed E-state index contributed by atoms with van der Waals surface area (Å²) in [5.41, 5.74) is 10.1. The van der Waals surface area contributed by atoms with Gasteiger partial charge in [-0.05, 0) is 12.1 Å². The highest BCUT2D eigenvalue weighted by Gasteiger charge is 2.05. The normalized spacial score (nSPS) is 10.4. The molecule has 6 heteroatoms. The van der Waals surface area contributed by atoms with Gasteiger partial charge in [0.05, 0.1) is 21.6 Å². The molecule has 0 fully saturated rings. The summed E-state index contributed by atoms with van der Waals surface area (Å²) in [7, 11) is 0. The average Bonchev–Trinajstić information content (AvgIpc) is 2.75. The highest BCUT2D eigenvalue weighted by atomic mass is 32.1. The Hall–Kier alpha value is -1.82. The lowest BCUT2D eigenvalue weighted by atomic mass is 10.2. The first-order valence-corrected chi connectivity index (χ1v) is 6.16. The molecule has 4 N–H and O–H groups in total. The lowest BCUT2D eigenvalue weighted by Gasteiger charge is -2.09. The molecular formula is C11H14N4OS. The summed E-state index contributed by atoms with van der Waals surface area (Å²) in [5.74, 6) is -0.0327. The molecule has 0 saturated heterocycles. The van der Waals surface area contributed by atoms with Gasteiger partial charge in [-0.25, -0.2) is 4.98 Å². The fraction of sp³-hybridized carbons (Fsp3) is 0.273. The molecule has 0 saturated carbocycles. The number of nitrogens with two attached hydrogens (primary N) is 1. The second kappa shape index (κ2) is 5.01. The largest absolute Gasteiger partial charge is 0.395 e. The second-order valence-electron chi connectivity index (χ2n) is 3.64. The summed E-state index contributed by atoms with van der Waals surface area (Å²) in [6.45, 7) is 2.71. The smallest absolute Gasteiger partial charge is 0.216 e. The van der Waals surface area contributed by atoms with E-state index in [2.05, 4.69) is 15.6 Å². The Labute approximate surface area is 103 Å². The number of nitrogens with one attached hydrogen (secondary N) is 2. The van der Waals surface area contributed by atoms with Gasteiger partial charge in [-0.1, -0.05) is 0 Å². The van der Waals surface area contributed by atoms with Crippen LogP contribution in [-0.2, 0) is 4.79 Å². The third-order valence-corrected chi connectivity index (χ3v) is 3.15. The number of nitrogens with zero attached hydrogens (tertiary/aromatic N) is 1. The van der Waals surface area contributed by atoms with Crippen molar-refractivity contribution in [3.8, 4) is 0 Å². The molecule has 1 heterocycles. The Bertz CT molecular complexity index is 537. The molecule has 0 radical (unpaired) electrons. The molecule has 2 aromatic rings. The molecule has 0 unspecified atom stereocenters. The van der Waals surface area contributed by atoms with Gasteiger partial charge >= 0.3 is 0 Å². The number of carbonyl (C=O) groups excluding carboxylic acids is 1. The Morgan fingerprint density at radius 2 is 2.29 bits per heavy atom. The number of carbonyl (C=O) groups is 1. The first-order valence-electron chi connectivity index (χ1n) is 5.28. The second-order valence-corrected chi connectivity index (χ2v) is 4.52. The topological polar surface area (TPSA) is 80.0 Å². The SMILES string of the molecule is CC(=O)NCCNc1ccc2scnc2c1N. The summed E-state index contributed by atoms with van der Waals surface area (Å²) < 4.78 is 1.08. The Kier molecular flexibility index (Phi) is 3.43. The molecule has 17 heavy (non-hydrogen) atoms. The molecule has 0 atom stereocenters. The molecule has 1 amide bonds. The van der Waals surface area contributed by atoms with Gasteiger partial charge in [0.15, 0.2) is 0 Å². The van der Waals surface area contributed by atoms with Gasteiger partial charge in [0.2, 0.25) is 5.91 Å². The lowest BCUT2D eigenvalue weighted by molar-refractivity contribution is -0.118. The first kappa shape index (κ1) is 11.7. The number of thiazole rings is 1. The number of hydrogen-bond donors (Lipinski definition) is 3. The van der Waals surface area contributed by atoms with Crippen LogP contribution in [0.25, 0.3) is 10.2 Å². The van der Waals surface area contributed by atoms with Gasteiger partial charge < -0.3 is 16.4 Å². The zero-order valence-electron chi connectivity index (χ0n) is 9.49. The van der Waals surface area contributed by atoms with Crippen LogP contribution in [0.15, 0.2) is 17.6 Å². The minimum atomic E-state index is -0.0327. The Morgan fingerprint density at radius 3 is 3.06 bits per heavy atom. The van der Waals surface area contributed by atoms with Crippen LogP contribution in [0.2, 0.25) is 0 Å². The zero-order valence-corrected chi connectivity index (χ0v) is 10.3. The van der Waals surface area contributed by atoms with Crippen molar-refractivity contribution >= 4 is 38.8 Å². The molecule has 2 rings (SSSR count). The van der Waals surface area contributed by atoms with Crippen molar-refractivity contribution in [1.82, 2.24) is 10.3 Å². The van der Waals surface area contributed by atoms with Crippen LogP contribution in [-0.4, -0.2) is 24.0 Å². The van der Waals surface area contributed by atoms with Crippen LogP contribution < -0.4 is 16.4 Å². The highest BCUT2D eigenvalue weighted by Crippen LogP contribution is 2.29. The quantitative estimate of drug-likeness (QED) is 0.566. The molecule has 90 valence electrons. The van der Waals surface area contributed by atoms with E-state index in [9.17, 15) is 4.79 Å². The van der Waals surface area contributed by atoms with Crippen molar-refractivity contribution in [3.63, 3.8) is 0 Å². The summed E-state index contributed by atoms with van der Waals surface area (Å²) in [5, 5.41) is 5.89. The van der Waals surface area contributed by atoms with E-state index in [0.717, 1.165) is 15.9 Å². The number of nitrogen functional groups attached to an aromatic ring is 1. The Balaban J connectivity index is 2.03. The molecule has 1 aromatic heterocycles. The summed E-state index contributed by atoms with van der Waals surface area (Å²) >= 11 is 1.57. The predicted molar refractivity (Wildman–Crippen MR) is 71.2 cm³/mol. The summed E-state index contributed by atoms with van der Waals surface area (Å²) in [6, 6.07) is 3.92. The summed E-state index contributed by atoms with van der Waals surface area (Å²) in [4.78, 5) is 14.9. The van der Waals surface area contributed by atoms with Crippen LogP contribution >= 0.6 is 11.3 Å². The van der Waals surface area contributed by atoms with Crippen molar-refractivity contribution in [2.24, 2.45) is 0 Å². The van der Waals surface area contributed by atoms with Crippen LogP contribution in [0.3, 0.4) is 0 Å². The van der Waals surface area contributed by atoms with E-state index in [-0.39, 0.29) is 5.91 Å². The van der Waals surface area contributed by atoms with Crippen LogP contribution in [0.1, 0.15) is 6.92 Å². The number of benzene rings is 1. The molecule has 0 bridgehead atoms. The van der Waals surface area contributed by atoms with Gasteiger partial charge in [-0.2, -0.15) is 0 Å². The van der Waals surface area contributed by atoms with Gasteiger partial charge in [0, 0.05) is 20.0 Å². The fourth-order valence-corrected chi connectivity index (χ4v) is 2.23. The van der Waals surface area contributed by atoms with E-state index in [1.807, 2.05) is 12.1 Å². The van der Waals surface area contributed by atoms with E-state index in [4.69, 9.17) is 5.73 Å². The maximum atomic E-state index is 10.7. The minimum Gasteiger partial charge on any atom is -0.395 e. The molecule has 0 aliphatic rings. The number of rotatable bonds is 4. The van der Waals surface area contributed by atoms with E-state index >= 15 is 0 Å². The third-order valence-electron chi connectivity index (χ3n) is 2.36. The Morgan fingerprint density at radius 1 is 1.47 bits per heavy atom. The van der Waals surface area contributed by atoms with E-state index in [1.165, 1.54) is 6.92 Å². The van der Waals surface area contributed by atoms with Crippen molar-refractivity contribution in [2.45, 2.75) is 6.92 Å². The van der Waals surface area contributed by atoms with E-state index in [1.54, 1.807) is 16.8 Å². The van der Waals surface area contributed by atoms with Crippen LogP contribution in [0.5, 0.6) is 0 Å². The molecule has 0 aliphatic carbocycles. The molecule has 1 aromatic carbocycles. The first-order chi connectivity index (χ1) is 8.18. The van der Waals surface area contributed by atoms with Gasteiger partial charge in [0.1, 0.15) is 5.52 Å². The molecule has 5 nitrogen and oxygen atoms in total. The summed E-state index contributed by atoms with van der Waals surface area (Å²) in [6.07, 6.45) is 0. The molecular weight excluding hydrogens is 236 g/mol. The number of aromatic nitrogens is 1. The number of amides is 1.